The zero-order valence-corrected chi connectivity index (χ0v) is 12.2. The Morgan fingerprint density at radius 1 is 1.36 bits per heavy atom. The summed E-state index contributed by atoms with van der Waals surface area (Å²) in [6, 6.07) is 8.92. The Balaban J connectivity index is 2.21. The molecule has 0 atom stereocenters. The van der Waals surface area contributed by atoms with E-state index in [0.717, 1.165) is 17.2 Å². The SMILES string of the molecule is COC(=O)c1cnc(NCc2ccc(C)cc2)c([N+](=O)[O-])c1. The van der Waals surface area contributed by atoms with E-state index in [4.69, 9.17) is 0 Å². The summed E-state index contributed by atoms with van der Waals surface area (Å²) in [6.07, 6.45) is 1.25. The predicted octanol–water partition coefficient (Wildman–Crippen LogP) is 2.70. The van der Waals surface area contributed by atoms with E-state index >= 15 is 0 Å². The van der Waals surface area contributed by atoms with Crippen LogP contribution in [-0.2, 0) is 11.3 Å². The van der Waals surface area contributed by atoms with E-state index in [0.29, 0.717) is 6.54 Å². The molecule has 0 fully saturated rings. The van der Waals surface area contributed by atoms with Crippen LogP contribution in [0.1, 0.15) is 21.5 Å². The molecule has 1 aromatic heterocycles. The molecule has 1 heterocycles. The fraction of sp³-hybridized carbons (Fsp3) is 0.200. The number of nitrogens with zero attached hydrogens (tertiary/aromatic N) is 2. The summed E-state index contributed by atoms with van der Waals surface area (Å²) >= 11 is 0. The van der Waals surface area contributed by atoms with Crippen LogP contribution >= 0.6 is 0 Å². The maximum atomic E-state index is 11.4. The average Bonchev–Trinajstić information content (AvgIpc) is 2.53. The van der Waals surface area contributed by atoms with Gasteiger partial charge in [-0.05, 0) is 12.5 Å². The molecule has 0 spiro atoms. The maximum Gasteiger partial charge on any atom is 0.339 e. The van der Waals surface area contributed by atoms with Gasteiger partial charge in [0.05, 0.1) is 17.6 Å². The van der Waals surface area contributed by atoms with Crippen LogP contribution in [0.4, 0.5) is 11.5 Å². The second kappa shape index (κ2) is 6.66. The number of rotatable bonds is 5. The average molecular weight is 301 g/mol. The van der Waals surface area contributed by atoms with Gasteiger partial charge in [-0.1, -0.05) is 29.8 Å². The number of aryl methyl sites for hydroxylation is 1. The quantitative estimate of drug-likeness (QED) is 0.518. The lowest BCUT2D eigenvalue weighted by molar-refractivity contribution is -0.384. The van der Waals surface area contributed by atoms with Gasteiger partial charge in [-0.2, -0.15) is 0 Å². The number of aromatic nitrogens is 1. The monoisotopic (exact) mass is 301 g/mol. The van der Waals surface area contributed by atoms with E-state index in [1.165, 1.54) is 13.3 Å². The van der Waals surface area contributed by atoms with Crippen LogP contribution in [0, 0.1) is 17.0 Å². The maximum absolute atomic E-state index is 11.4. The van der Waals surface area contributed by atoms with Crippen LogP contribution in [0.15, 0.2) is 36.5 Å². The van der Waals surface area contributed by atoms with Gasteiger partial charge in [0.2, 0.25) is 5.82 Å². The molecule has 7 heteroatoms. The van der Waals surface area contributed by atoms with E-state index in [1.54, 1.807) is 0 Å². The summed E-state index contributed by atoms with van der Waals surface area (Å²) in [4.78, 5) is 25.9. The summed E-state index contributed by atoms with van der Waals surface area (Å²) < 4.78 is 4.53. The van der Waals surface area contributed by atoms with Crippen LogP contribution < -0.4 is 5.32 Å². The molecule has 22 heavy (non-hydrogen) atoms. The lowest BCUT2D eigenvalue weighted by Crippen LogP contribution is -2.08. The Bertz CT molecular complexity index is 698. The Kier molecular flexibility index (Phi) is 4.67. The molecule has 2 aromatic rings. The lowest BCUT2D eigenvalue weighted by atomic mass is 10.1. The highest BCUT2D eigenvalue weighted by Crippen LogP contribution is 2.23. The van der Waals surface area contributed by atoms with Crippen LogP contribution in [-0.4, -0.2) is 23.0 Å². The summed E-state index contributed by atoms with van der Waals surface area (Å²) in [5.41, 5.74) is 1.87. The molecule has 0 aliphatic carbocycles. The number of hydrogen-bond donors (Lipinski definition) is 1. The van der Waals surface area contributed by atoms with Crippen molar-refractivity contribution in [3.05, 3.63) is 63.3 Å². The molecule has 0 aliphatic heterocycles. The highest BCUT2D eigenvalue weighted by molar-refractivity contribution is 5.90. The van der Waals surface area contributed by atoms with Gasteiger partial charge in [0.25, 0.3) is 0 Å². The summed E-state index contributed by atoms with van der Waals surface area (Å²) in [5, 5.41) is 14.0. The van der Waals surface area contributed by atoms with E-state index in [2.05, 4.69) is 15.0 Å². The second-order valence-corrected chi connectivity index (χ2v) is 4.68. The molecule has 0 bridgehead atoms. The smallest absolute Gasteiger partial charge is 0.339 e. The first-order chi connectivity index (χ1) is 10.5. The van der Waals surface area contributed by atoms with Gasteiger partial charge < -0.3 is 10.1 Å². The molecule has 114 valence electrons. The molecule has 2 rings (SSSR count). The number of pyridine rings is 1. The molecule has 0 saturated heterocycles. The Labute approximate surface area is 127 Å². The molecule has 0 unspecified atom stereocenters. The number of methoxy groups -OCH3 is 1. The van der Waals surface area contributed by atoms with Crippen molar-refractivity contribution < 1.29 is 14.5 Å². The largest absolute Gasteiger partial charge is 0.465 e. The van der Waals surface area contributed by atoms with Crippen molar-refractivity contribution in [3.63, 3.8) is 0 Å². The van der Waals surface area contributed by atoms with E-state index in [1.807, 2.05) is 31.2 Å². The van der Waals surface area contributed by atoms with Crippen LogP contribution in [0.25, 0.3) is 0 Å². The molecule has 0 aliphatic rings. The molecule has 0 amide bonds. The van der Waals surface area contributed by atoms with Crippen molar-refractivity contribution in [3.8, 4) is 0 Å². The molecular weight excluding hydrogens is 286 g/mol. The first kappa shape index (κ1) is 15.4. The normalized spacial score (nSPS) is 10.1. The van der Waals surface area contributed by atoms with Gasteiger partial charge in [0, 0.05) is 18.8 Å². The first-order valence-electron chi connectivity index (χ1n) is 6.53. The number of benzene rings is 1. The van der Waals surface area contributed by atoms with Crippen molar-refractivity contribution >= 4 is 17.5 Å². The first-order valence-corrected chi connectivity index (χ1v) is 6.53. The topological polar surface area (TPSA) is 94.4 Å². The molecule has 1 aromatic carbocycles. The zero-order chi connectivity index (χ0) is 16.1. The lowest BCUT2D eigenvalue weighted by Gasteiger charge is -2.07. The highest BCUT2D eigenvalue weighted by atomic mass is 16.6. The number of carbonyl (C=O) groups is 1. The number of anilines is 1. The fourth-order valence-electron chi connectivity index (χ4n) is 1.85. The van der Waals surface area contributed by atoms with Crippen molar-refractivity contribution in [2.75, 3.05) is 12.4 Å². The zero-order valence-electron chi connectivity index (χ0n) is 12.2. The minimum Gasteiger partial charge on any atom is -0.465 e. The Hall–Kier alpha value is -2.96. The summed E-state index contributed by atoms with van der Waals surface area (Å²) in [7, 11) is 1.21. The minimum absolute atomic E-state index is 0.0371. The fourth-order valence-corrected chi connectivity index (χ4v) is 1.85. The number of nitro groups is 1. The van der Waals surface area contributed by atoms with Crippen LogP contribution in [0.2, 0.25) is 0 Å². The van der Waals surface area contributed by atoms with E-state index < -0.39 is 10.9 Å². The van der Waals surface area contributed by atoms with E-state index in [-0.39, 0.29) is 17.1 Å². The number of esters is 1. The van der Waals surface area contributed by atoms with Crippen molar-refractivity contribution in [2.45, 2.75) is 13.5 Å². The van der Waals surface area contributed by atoms with Gasteiger partial charge in [-0.15, -0.1) is 0 Å². The minimum atomic E-state index is -0.666. The third kappa shape index (κ3) is 3.57. The Morgan fingerprint density at radius 2 is 2.05 bits per heavy atom. The van der Waals surface area contributed by atoms with Crippen molar-refractivity contribution in [1.82, 2.24) is 4.98 Å². The number of hydrogen-bond acceptors (Lipinski definition) is 6. The third-order valence-electron chi connectivity index (χ3n) is 3.07. The van der Waals surface area contributed by atoms with Gasteiger partial charge in [0.1, 0.15) is 0 Å². The molecule has 1 N–H and O–H groups in total. The number of carbonyl (C=O) groups excluding carboxylic acids is 1. The summed E-state index contributed by atoms with van der Waals surface area (Å²) in [5.74, 6) is -0.557. The highest BCUT2D eigenvalue weighted by Gasteiger charge is 2.19. The van der Waals surface area contributed by atoms with Gasteiger partial charge >= 0.3 is 11.7 Å². The van der Waals surface area contributed by atoms with Gasteiger partial charge in [-0.25, -0.2) is 9.78 Å². The Morgan fingerprint density at radius 3 is 2.64 bits per heavy atom. The van der Waals surface area contributed by atoms with Gasteiger partial charge in [-0.3, -0.25) is 10.1 Å². The predicted molar refractivity (Wildman–Crippen MR) is 80.7 cm³/mol. The molecular formula is C15H15N3O4. The molecule has 7 nitrogen and oxygen atoms in total. The number of ether oxygens (including phenoxy) is 1. The third-order valence-corrected chi connectivity index (χ3v) is 3.07. The van der Waals surface area contributed by atoms with Crippen molar-refractivity contribution in [1.29, 1.82) is 0 Å². The van der Waals surface area contributed by atoms with Gasteiger partial charge in [0.15, 0.2) is 0 Å². The van der Waals surface area contributed by atoms with Crippen LogP contribution in [0.3, 0.4) is 0 Å². The standard InChI is InChI=1S/C15H15N3O4/c1-10-3-5-11(6-4-10)8-16-14-13(18(20)21)7-12(9-17-14)15(19)22-2/h3-7,9H,8H2,1-2H3,(H,16,17). The van der Waals surface area contributed by atoms with Crippen molar-refractivity contribution in [2.24, 2.45) is 0 Å². The van der Waals surface area contributed by atoms with E-state index in [9.17, 15) is 14.9 Å². The van der Waals surface area contributed by atoms with Crippen LogP contribution in [0.5, 0.6) is 0 Å². The number of nitrogens with one attached hydrogen (secondary N) is 1. The molecule has 0 saturated carbocycles. The summed E-state index contributed by atoms with van der Waals surface area (Å²) in [6.45, 7) is 2.38. The second-order valence-electron chi connectivity index (χ2n) is 4.68. The molecule has 0 radical (unpaired) electrons.